The summed E-state index contributed by atoms with van der Waals surface area (Å²) in [5.74, 6) is 0.294. The first-order valence-electron chi connectivity index (χ1n) is 8.39. The topological polar surface area (TPSA) is 65.1 Å². The van der Waals surface area contributed by atoms with Crippen molar-refractivity contribution in [2.75, 3.05) is 33.1 Å². The van der Waals surface area contributed by atoms with Gasteiger partial charge in [0.2, 0.25) is 0 Å². The van der Waals surface area contributed by atoms with Gasteiger partial charge in [-0.05, 0) is 23.3 Å². The van der Waals surface area contributed by atoms with E-state index < -0.39 is 10.1 Å². The first-order chi connectivity index (χ1) is 12.5. The number of rotatable bonds is 6. The van der Waals surface area contributed by atoms with Gasteiger partial charge in [0, 0.05) is 20.2 Å². The van der Waals surface area contributed by atoms with Gasteiger partial charge in [0.05, 0.1) is 19.0 Å². The van der Waals surface area contributed by atoms with Crippen molar-refractivity contribution >= 4 is 10.1 Å². The Labute approximate surface area is 154 Å². The van der Waals surface area contributed by atoms with E-state index in [2.05, 4.69) is 17.0 Å². The molecule has 2 aromatic rings. The molecule has 0 amide bonds. The average molecular weight is 377 g/mol. The molecule has 0 aliphatic carbocycles. The van der Waals surface area contributed by atoms with Gasteiger partial charge in [-0.1, -0.05) is 42.5 Å². The fraction of sp³-hybridized carbons (Fsp3) is 0.368. The first kappa shape index (κ1) is 18.8. The highest BCUT2D eigenvalue weighted by Gasteiger charge is 2.28. The molecule has 7 heteroatoms. The van der Waals surface area contributed by atoms with Crippen molar-refractivity contribution in [1.82, 2.24) is 4.90 Å². The molecule has 6 nitrogen and oxygen atoms in total. The minimum absolute atomic E-state index is 0.114. The summed E-state index contributed by atoms with van der Waals surface area (Å²) in [6, 6.07) is 17.0. The van der Waals surface area contributed by atoms with Gasteiger partial charge < -0.3 is 13.7 Å². The summed E-state index contributed by atoms with van der Waals surface area (Å²) in [5, 5.41) is 0. The zero-order valence-electron chi connectivity index (χ0n) is 14.9. The molecule has 0 N–H and O–H groups in total. The van der Waals surface area contributed by atoms with Gasteiger partial charge in [0.25, 0.3) is 0 Å². The highest BCUT2D eigenvalue weighted by atomic mass is 32.2. The zero-order chi connectivity index (χ0) is 18.6. The van der Waals surface area contributed by atoms with E-state index in [4.69, 9.17) is 13.7 Å². The summed E-state index contributed by atoms with van der Waals surface area (Å²) in [4.78, 5) is 2.24. The van der Waals surface area contributed by atoms with Crippen LogP contribution in [0.1, 0.15) is 23.5 Å². The minimum Gasteiger partial charge on any atom is -0.383 e. The Kier molecular flexibility index (Phi) is 5.93. The lowest BCUT2D eigenvalue weighted by Crippen LogP contribution is -2.41. The van der Waals surface area contributed by atoms with Crippen LogP contribution in [0.15, 0.2) is 54.6 Å². The molecule has 3 rings (SSSR count). The lowest BCUT2D eigenvalue weighted by Gasteiger charge is -2.37. The molecule has 26 heavy (non-hydrogen) atoms. The molecule has 0 radical (unpaired) electrons. The molecule has 1 saturated heterocycles. The molecule has 1 aliphatic heterocycles. The molecular formula is C19H23NO5S. The number of ether oxygens (including phenoxy) is 2. The van der Waals surface area contributed by atoms with Crippen molar-refractivity contribution in [2.24, 2.45) is 0 Å². The second kappa shape index (κ2) is 8.18. The maximum absolute atomic E-state index is 11.2. The van der Waals surface area contributed by atoms with Crippen LogP contribution in [0.4, 0.5) is 0 Å². The maximum atomic E-state index is 11.2. The summed E-state index contributed by atoms with van der Waals surface area (Å²) < 4.78 is 38.9. The SMILES string of the molecule is COC(c1ccccc1)N1CCOC(c2ccc(OS(C)(=O)=O)cc2)C1. The van der Waals surface area contributed by atoms with E-state index in [1.54, 1.807) is 19.2 Å². The quantitative estimate of drug-likeness (QED) is 0.722. The summed E-state index contributed by atoms with van der Waals surface area (Å²) >= 11 is 0. The van der Waals surface area contributed by atoms with Crippen molar-refractivity contribution in [3.8, 4) is 5.75 Å². The normalized spacial score (nSPS) is 19.8. The van der Waals surface area contributed by atoms with Crippen LogP contribution in [0.2, 0.25) is 0 Å². The van der Waals surface area contributed by atoms with E-state index in [-0.39, 0.29) is 12.3 Å². The third-order valence-electron chi connectivity index (χ3n) is 4.24. The fourth-order valence-corrected chi connectivity index (χ4v) is 3.57. The Bertz CT molecular complexity index is 808. The molecule has 2 atom stereocenters. The van der Waals surface area contributed by atoms with Crippen LogP contribution in [-0.4, -0.2) is 46.4 Å². The summed E-state index contributed by atoms with van der Waals surface area (Å²) in [6.45, 7) is 2.05. The predicted octanol–water partition coefficient (Wildman–Crippen LogP) is 2.74. The minimum atomic E-state index is -3.52. The van der Waals surface area contributed by atoms with Gasteiger partial charge in [0.1, 0.15) is 12.0 Å². The van der Waals surface area contributed by atoms with E-state index in [1.165, 1.54) is 0 Å². The molecule has 140 valence electrons. The Hall–Kier alpha value is -1.93. The van der Waals surface area contributed by atoms with Crippen molar-refractivity contribution < 1.29 is 22.1 Å². The summed E-state index contributed by atoms with van der Waals surface area (Å²) in [7, 11) is -1.82. The van der Waals surface area contributed by atoms with E-state index >= 15 is 0 Å². The molecule has 1 fully saturated rings. The third-order valence-corrected chi connectivity index (χ3v) is 4.73. The molecular weight excluding hydrogens is 354 g/mol. The predicted molar refractivity (Wildman–Crippen MR) is 98.4 cm³/mol. The number of hydrogen-bond acceptors (Lipinski definition) is 6. The van der Waals surface area contributed by atoms with Crippen molar-refractivity contribution in [1.29, 1.82) is 0 Å². The van der Waals surface area contributed by atoms with Crippen LogP contribution in [0.5, 0.6) is 5.75 Å². The highest BCUT2D eigenvalue weighted by molar-refractivity contribution is 7.86. The number of benzene rings is 2. The van der Waals surface area contributed by atoms with Gasteiger partial charge in [0.15, 0.2) is 0 Å². The second-order valence-electron chi connectivity index (χ2n) is 6.21. The van der Waals surface area contributed by atoms with Crippen molar-refractivity contribution in [3.63, 3.8) is 0 Å². The van der Waals surface area contributed by atoms with Crippen molar-refractivity contribution in [2.45, 2.75) is 12.3 Å². The van der Waals surface area contributed by atoms with Crippen LogP contribution in [-0.2, 0) is 19.6 Å². The molecule has 1 heterocycles. The standard InChI is InChI=1S/C19H23NO5S/c1-23-19(16-6-4-3-5-7-16)20-12-13-24-18(14-20)15-8-10-17(11-9-15)25-26(2,21)22/h3-11,18-19H,12-14H2,1-2H3. The van der Waals surface area contributed by atoms with Gasteiger partial charge in [-0.3, -0.25) is 4.90 Å². The Balaban J connectivity index is 1.72. The highest BCUT2D eigenvalue weighted by Crippen LogP contribution is 2.30. The molecule has 1 aliphatic rings. The summed E-state index contributed by atoms with van der Waals surface area (Å²) in [6.07, 6.45) is 0.783. The van der Waals surface area contributed by atoms with E-state index in [9.17, 15) is 8.42 Å². The first-order valence-corrected chi connectivity index (χ1v) is 10.2. The van der Waals surface area contributed by atoms with E-state index in [1.807, 2.05) is 30.3 Å². The Morgan fingerprint density at radius 1 is 1.12 bits per heavy atom. The number of nitrogens with zero attached hydrogens (tertiary/aromatic N) is 1. The molecule has 0 saturated carbocycles. The summed E-state index contributed by atoms with van der Waals surface area (Å²) in [5.41, 5.74) is 2.08. The fourth-order valence-electron chi connectivity index (χ4n) is 3.11. The Morgan fingerprint density at radius 3 is 2.42 bits per heavy atom. The molecule has 2 aromatic carbocycles. The van der Waals surface area contributed by atoms with Gasteiger partial charge in [-0.15, -0.1) is 0 Å². The lowest BCUT2D eigenvalue weighted by molar-refractivity contribution is -0.111. The molecule has 0 aromatic heterocycles. The van der Waals surface area contributed by atoms with Gasteiger partial charge in [-0.25, -0.2) is 0 Å². The lowest BCUT2D eigenvalue weighted by atomic mass is 10.1. The monoisotopic (exact) mass is 377 g/mol. The van der Waals surface area contributed by atoms with Crippen LogP contribution in [0, 0.1) is 0 Å². The smallest absolute Gasteiger partial charge is 0.306 e. The average Bonchev–Trinajstić information content (AvgIpc) is 2.63. The van der Waals surface area contributed by atoms with Crippen LogP contribution >= 0.6 is 0 Å². The molecule has 2 unspecified atom stereocenters. The zero-order valence-corrected chi connectivity index (χ0v) is 15.7. The molecule has 0 bridgehead atoms. The third kappa shape index (κ3) is 4.82. The number of hydrogen-bond donors (Lipinski definition) is 0. The van der Waals surface area contributed by atoms with Crippen LogP contribution < -0.4 is 4.18 Å². The number of morpholine rings is 1. The number of methoxy groups -OCH3 is 1. The van der Waals surface area contributed by atoms with Crippen LogP contribution in [0.3, 0.4) is 0 Å². The Morgan fingerprint density at radius 2 is 1.81 bits per heavy atom. The second-order valence-corrected chi connectivity index (χ2v) is 7.78. The van der Waals surface area contributed by atoms with Gasteiger partial charge >= 0.3 is 10.1 Å². The maximum Gasteiger partial charge on any atom is 0.306 e. The van der Waals surface area contributed by atoms with E-state index in [0.717, 1.165) is 23.9 Å². The molecule has 0 spiro atoms. The van der Waals surface area contributed by atoms with Crippen LogP contribution in [0.25, 0.3) is 0 Å². The van der Waals surface area contributed by atoms with E-state index in [0.29, 0.717) is 18.9 Å². The van der Waals surface area contributed by atoms with Gasteiger partial charge in [-0.2, -0.15) is 8.42 Å². The van der Waals surface area contributed by atoms with Crippen molar-refractivity contribution in [3.05, 3.63) is 65.7 Å². The largest absolute Gasteiger partial charge is 0.383 e.